The Hall–Kier alpha value is -4.43. The number of nitrogens with one attached hydrogen (secondary N) is 1. The summed E-state index contributed by atoms with van der Waals surface area (Å²) >= 11 is 6.03. The second kappa shape index (κ2) is 10.7. The summed E-state index contributed by atoms with van der Waals surface area (Å²) in [6.45, 7) is 2.81. The molecule has 35 heavy (non-hydrogen) atoms. The van der Waals surface area contributed by atoms with Gasteiger partial charge in [-0.3, -0.25) is 10.1 Å². The number of phenols is 1. The second-order valence-corrected chi connectivity index (χ2v) is 7.98. The van der Waals surface area contributed by atoms with Gasteiger partial charge in [-0.15, -0.1) is 10.2 Å². The molecule has 0 aromatic heterocycles. The molecule has 0 unspecified atom stereocenters. The van der Waals surface area contributed by atoms with Gasteiger partial charge in [-0.05, 0) is 67.6 Å². The van der Waals surface area contributed by atoms with E-state index in [0.717, 1.165) is 23.6 Å². The molecule has 4 aromatic rings. The Labute approximate surface area is 207 Å². The minimum absolute atomic E-state index is 0.000176. The van der Waals surface area contributed by atoms with Crippen LogP contribution in [0.5, 0.6) is 5.75 Å². The van der Waals surface area contributed by atoms with Crippen molar-refractivity contribution in [3.63, 3.8) is 0 Å². The zero-order valence-electron chi connectivity index (χ0n) is 18.8. The summed E-state index contributed by atoms with van der Waals surface area (Å²) < 4.78 is 0. The molecule has 0 amide bonds. The summed E-state index contributed by atoms with van der Waals surface area (Å²) in [5.74, 6) is -0.204. The highest BCUT2D eigenvalue weighted by molar-refractivity contribution is 6.30. The maximum absolute atomic E-state index is 11.1. The third-order valence-corrected chi connectivity index (χ3v) is 5.49. The number of anilines is 4. The van der Waals surface area contributed by atoms with E-state index in [4.69, 9.17) is 11.6 Å². The Morgan fingerprint density at radius 2 is 1.63 bits per heavy atom. The molecule has 0 radical (unpaired) electrons. The lowest BCUT2D eigenvalue weighted by molar-refractivity contribution is -0.384. The van der Waals surface area contributed by atoms with Crippen LogP contribution in [-0.4, -0.2) is 16.6 Å². The Balaban J connectivity index is 1.74. The SMILES string of the molecule is CCN(c1ccccc1)c1ccc(N=Nc2cc([N+](=O)[O-])ccc2O)c(Nc2ccc(Cl)cc2)c1. The standard InChI is InChI=1S/C26H22ClN5O3/c1-2-31(20-6-4-3-5-7-20)21-12-14-23(24(16-21)28-19-10-8-18(27)9-11-19)29-30-25-17-22(32(34)35)13-15-26(25)33/h3-17,28,33H,2H2,1H3. The van der Waals surface area contributed by atoms with Crippen LogP contribution in [0.4, 0.5) is 39.8 Å². The molecule has 176 valence electrons. The first-order valence-electron chi connectivity index (χ1n) is 10.8. The fourth-order valence-electron chi connectivity index (χ4n) is 3.50. The van der Waals surface area contributed by atoms with Gasteiger partial charge >= 0.3 is 0 Å². The first kappa shape index (κ1) is 23.7. The van der Waals surface area contributed by atoms with Crippen LogP contribution in [0.25, 0.3) is 0 Å². The van der Waals surface area contributed by atoms with Crippen molar-refractivity contribution in [1.29, 1.82) is 0 Å². The van der Waals surface area contributed by atoms with E-state index in [-0.39, 0.29) is 17.1 Å². The number of hydrogen-bond donors (Lipinski definition) is 2. The minimum Gasteiger partial charge on any atom is -0.506 e. The van der Waals surface area contributed by atoms with Crippen LogP contribution in [0.15, 0.2) is 101 Å². The monoisotopic (exact) mass is 487 g/mol. The maximum Gasteiger partial charge on any atom is 0.271 e. The van der Waals surface area contributed by atoms with Crippen LogP contribution in [0.2, 0.25) is 5.02 Å². The third-order valence-electron chi connectivity index (χ3n) is 5.23. The fraction of sp³-hybridized carbons (Fsp3) is 0.0769. The molecular formula is C26H22ClN5O3. The normalized spacial score (nSPS) is 10.9. The Morgan fingerprint density at radius 1 is 0.914 bits per heavy atom. The number of para-hydroxylation sites is 1. The number of hydrogen-bond acceptors (Lipinski definition) is 7. The van der Waals surface area contributed by atoms with Crippen molar-refractivity contribution in [3.8, 4) is 5.75 Å². The van der Waals surface area contributed by atoms with Crippen LogP contribution in [-0.2, 0) is 0 Å². The summed E-state index contributed by atoms with van der Waals surface area (Å²) in [7, 11) is 0. The van der Waals surface area contributed by atoms with Gasteiger partial charge in [-0.1, -0.05) is 29.8 Å². The summed E-state index contributed by atoms with van der Waals surface area (Å²) in [6.07, 6.45) is 0. The first-order valence-corrected chi connectivity index (χ1v) is 11.2. The van der Waals surface area contributed by atoms with Crippen molar-refractivity contribution in [2.24, 2.45) is 10.2 Å². The molecule has 4 rings (SSSR count). The number of phenolic OH excluding ortho intramolecular Hbond substituents is 1. The second-order valence-electron chi connectivity index (χ2n) is 7.54. The van der Waals surface area contributed by atoms with E-state index >= 15 is 0 Å². The zero-order chi connectivity index (χ0) is 24.8. The summed E-state index contributed by atoms with van der Waals surface area (Å²) in [5, 5.41) is 33.5. The molecule has 0 fully saturated rings. The molecule has 0 spiro atoms. The summed E-state index contributed by atoms with van der Waals surface area (Å²) in [6, 6.07) is 26.5. The van der Waals surface area contributed by atoms with Crippen molar-refractivity contribution in [3.05, 3.63) is 106 Å². The van der Waals surface area contributed by atoms with Crippen LogP contribution >= 0.6 is 11.6 Å². The smallest absolute Gasteiger partial charge is 0.271 e. The average Bonchev–Trinajstić information content (AvgIpc) is 2.87. The molecule has 0 saturated heterocycles. The predicted molar refractivity (Wildman–Crippen MR) is 139 cm³/mol. The molecular weight excluding hydrogens is 466 g/mol. The quantitative estimate of drug-likeness (QED) is 0.148. The van der Waals surface area contributed by atoms with Crippen molar-refractivity contribution in [1.82, 2.24) is 0 Å². The molecule has 9 heteroatoms. The van der Waals surface area contributed by atoms with Crippen LogP contribution in [0, 0.1) is 10.1 Å². The van der Waals surface area contributed by atoms with Crippen molar-refractivity contribution < 1.29 is 10.0 Å². The Morgan fingerprint density at radius 3 is 2.31 bits per heavy atom. The van der Waals surface area contributed by atoms with Gasteiger partial charge in [-0.25, -0.2) is 0 Å². The zero-order valence-corrected chi connectivity index (χ0v) is 19.6. The molecule has 0 atom stereocenters. The summed E-state index contributed by atoms with van der Waals surface area (Å²) in [4.78, 5) is 12.7. The van der Waals surface area contributed by atoms with Gasteiger partial charge in [0.15, 0.2) is 0 Å². The van der Waals surface area contributed by atoms with Crippen molar-refractivity contribution >= 4 is 51.4 Å². The molecule has 2 N–H and O–H groups in total. The number of nitrogens with zero attached hydrogens (tertiary/aromatic N) is 4. The van der Waals surface area contributed by atoms with E-state index in [2.05, 4.69) is 27.4 Å². The number of rotatable bonds is 8. The summed E-state index contributed by atoms with van der Waals surface area (Å²) in [5.41, 5.74) is 3.74. The third kappa shape index (κ3) is 5.74. The van der Waals surface area contributed by atoms with Gasteiger partial charge in [0.2, 0.25) is 0 Å². The number of non-ortho nitro benzene ring substituents is 1. The highest BCUT2D eigenvalue weighted by atomic mass is 35.5. The number of halogens is 1. The topological polar surface area (TPSA) is 103 Å². The number of aromatic hydroxyl groups is 1. The number of nitro benzene ring substituents is 1. The Kier molecular flexibility index (Phi) is 7.23. The van der Waals surface area contributed by atoms with E-state index in [1.165, 1.54) is 18.2 Å². The lowest BCUT2D eigenvalue weighted by Crippen LogP contribution is -2.15. The number of nitro groups is 1. The first-order chi connectivity index (χ1) is 16.9. The highest BCUT2D eigenvalue weighted by Crippen LogP contribution is 2.37. The van der Waals surface area contributed by atoms with E-state index in [0.29, 0.717) is 16.4 Å². The van der Waals surface area contributed by atoms with Gasteiger partial charge < -0.3 is 15.3 Å². The molecule has 0 heterocycles. The van der Waals surface area contributed by atoms with Crippen molar-refractivity contribution in [2.45, 2.75) is 6.92 Å². The lowest BCUT2D eigenvalue weighted by Gasteiger charge is -2.24. The predicted octanol–water partition coefficient (Wildman–Crippen LogP) is 8.27. The van der Waals surface area contributed by atoms with Gasteiger partial charge in [0.1, 0.15) is 17.1 Å². The van der Waals surface area contributed by atoms with E-state index in [1.54, 1.807) is 18.2 Å². The van der Waals surface area contributed by atoms with E-state index in [9.17, 15) is 15.2 Å². The van der Waals surface area contributed by atoms with Gasteiger partial charge in [0, 0.05) is 40.8 Å². The van der Waals surface area contributed by atoms with Crippen molar-refractivity contribution in [2.75, 3.05) is 16.8 Å². The van der Waals surface area contributed by atoms with Gasteiger partial charge in [0.25, 0.3) is 5.69 Å². The van der Waals surface area contributed by atoms with E-state index < -0.39 is 4.92 Å². The van der Waals surface area contributed by atoms with Crippen LogP contribution in [0.3, 0.4) is 0 Å². The molecule has 8 nitrogen and oxygen atoms in total. The fourth-order valence-corrected chi connectivity index (χ4v) is 3.63. The lowest BCUT2D eigenvalue weighted by atomic mass is 10.2. The largest absolute Gasteiger partial charge is 0.506 e. The molecule has 0 aliphatic heterocycles. The average molecular weight is 488 g/mol. The number of benzene rings is 4. The molecule has 0 saturated carbocycles. The van der Waals surface area contributed by atoms with Gasteiger partial charge in [-0.2, -0.15) is 0 Å². The molecule has 0 aliphatic carbocycles. The number of azo groups is 1. The van der Waals surface area contributed by atoms with Gasteiger partial charge in [0.05, 0.1) is 10.6 Å². The molecule has 0 aliphatic rings. The highest BCUT2D eigenvalue weighted by Gasteiger charge is 2.13. The molecule has 4 aromatic carbocycles. The Bertz CT molecular complexity index is 1360. The van der Waals surface area contributed by atoms with E-state index in [1.807, 2.05) is 54.6 Å². The van der Waals surface area contributed by atoms with Crippen LogP contribution in [0.1, 0.15) is 6.92 Å². The maximum atomic E-state index is 11.1. The minimum atomic E-state index is -0.552. The van der Waals surface area contributed by atoms with Crippen LogP contribution < -0.4 is 10.2 Å². The molecule has 0 bridgehead atoms.